The lowest BCUT2D eigenvalue weighted by molar-refractivity contribution is 0.101. The molecule has 1 N–H and O–H groups in total. The molecule has 8 heteroatoms. The zero-order chi connectivity index (χ0) is 23.1. The molecule has 1 heterocycles. The first-order chi connectivity index (χ1) is 15.4. The molecule has 1 unspecified atom stereocenters. The number of benzene rings is 2. The summed E-state index contributed by atoms with van der Waals surface area (Å²) < 4.78 is 7.56. The van der Waals surface area contributed by atoms with Gasteiger partial charge in [0, 0.05) is 42.7 Å². The summed E-state index contributed by atoms with van der Waals surface area (Å²) in [5.41, 5.74) is 2.82. The van der Waals surface area contributed by atoms with E-state index in [1.165, 1.54) is 24.4 Å². The van der Waals surface area contributed by atoms with E-state index in [0.717, 1.165) is 29.6 Å². The van der Waals surface area contributed by atoms with Crippen LogP contribution in [0.25, 0.3) is 11.4 Å². The molecule has 32 heavy (non-hydrogen) atoms. The first-order valence-corrected chi connectivity index (χ1v) is 11.7. The number of Topliss-reactive ketones (excluding diaryl/α,β-unsaturated/α-hetero) is 1. The van der Waals surface area contributed by atoms with E-state index in [4.69, 9.17) is 4.74 Å². The van der Waals surface area contributed by atoms with Crippen molar-refractivity contribution in [3.63, 3.8) is 0 Å². The van der Waals surface area contributed by atoms with Gasteiger partial charge in [-0.2, -0.15) is 0 Å². The Morgan fingerprint density at radius 1 is 1.09 bits per heavy atom. The van der Waals surface area contributed by atoms with Crippen molar-refractivity contribution in [3.05, 3.63) is 54.1 Å². The average molecular weight is 455 g/mol. The van der Waals surface area contributed by atoms with Crippen LogP contribution in [0.3, 0.4) is 0 Å². The zero-order valence-corrected chi connectivity index (χ0v) is 19.8. The van der Waals surface area contributed by atoms with E-state index in [-0.39, 0.29) is 12.4 Å². The molecule has 2 aromatic carbocycles. The number of aromatic nitrogens is 3. The van der Waals surface area contributed by atoms with Crippen LogP contribution in [-0.2, 0) is 7.05 Å². The molecule has 0 bridgehead atoms. The van der Waals surface area contributed by atoms with Crippen molar-refractivity contribution in [2.45, 2.75) is 32.0 Å². The molecule has 170 valence electrons. The van der Waals surface area contributed by atoms with Crippen LogP contribution in [0.15, 0.2) is 53.7 Å². The monoisotopic (exact) mass is 454 g/mol. The van der Waals surface area contributed by atoms with Gasteiger partial charge in [-0.05, 0) is 69.3 Å². The van der Waals surface area contributed by atoms with Gasteiger partial charge in [0.2, 0.25) is 0 Å². The van der Waals surface area contributed by atoms with E-state index in [2.05, 4.69) is 53.2 Å². The van der Waals surface area contributed by atoms with Crippen molar-refractivity contribution >= 4 is 23.2 Å². The molecule has 0 saturated heterocycles. The van der Waals surface area contributed by atoms with E-state index in [1.54, 1.807) is 24.3 Å². The van der Waals surface area contributed by atoms with Gasteiger partial charge in [-0.1, -0.05) is 11.8 Å². The molecule has 1 atom stereocenters. The molecule has 1 aromatic heterocycles. The maximum Gasteiger partial charge on any atom is 0.191 e. The van der Waals surface area contributed by atoms with E-state index in [9.17, 15) is 9.90 Å². The van der Waals surface area contributed by atoms with Crippen molar-refractivity contribution in [3.8, 4) is 17.1 Å². The molecular weight excluding hydrogens is 424 g/mol. The number of thioether (sulfide) groups is 1. The summed E-state index contributed by atoms with van der Waals surface area (Å²) in [5, 5.41) is 19.6. The summed E-state index contributed by atoms with van der Waals surface area (Å²) in [6, 6.07) is 15.2. The number of anilines is 1. The van der Waals surface area contributed by atoms with Crippen LogP contribution in [0.4, 0.5) is 5.69 Å². The largest absolute Gasteiger partial charge is 0.491 e. The summed E-state index contributed by atoms with van der Waals surface area (Å²) >= 11 is 1.43. The Balaban J connectivity index is 1.54. The second-order valence-corrected chi connectivity index (χ2v) is 8.43. The topological polar surface area (TPSA) is 80.5 Å². The quantitative estimate of drug-likeness (QED) is 0.346. The summed E-state index contributed by atoms with van der Waals surface area (Å²) in [6.07, 6.45) is -0.666. The highest BCUT2D eigenvalue weighted by Crippen LogP contribution is 2.25. The van der Waals surface area contributed by atoms with Crippen molar-refractivity contribution < 1.29 is 14.6 Å². The standard InChI is InChI=1S/C24H30N4O3S/c1-5-28(6-2)20-11-7-19(8-12-20)23-25-26-24(27(23)4)32-16-21(30)15-31-22-13-9-18(10-14-22)17(3)29/h7-14,21,30H,5-6,15-16H2,1-4H3. The van der Waals surface area contributed by atoms with E-state index in [1.807, 2.05) is 11.6 Å². The molecular formula is C24H30N4O3S. The third-order valence-corrected chi connectivity index (χ3v) is 6.36. The van der Waals surface area contributed by atoms with Gasteiger partial charge in [-0.15, -0.1) is 10.2 Å². The van der Waals surface area contributed by atoms with E-state index < -0.39 is 6.10 Å². The summed E-state index contributed by atoms with van der Waals surface area (Å²) in [6.45, 7) is 7.91. The Kier molecular flexibility index (Phi) is 8.30. The van der Waals surface area contributed by atoms with Gasteiger partial charge in [0.1, 0.15) is 12.4 Å². The number of nitrogens with zero attached hydrogens (tertiary/aromatic N) is 4. The van der Waals surface area contributed by atoms with Crippen LogP contribution >= 0.6 is 11.8 Å². The minimum Gasteiger partial charge on any atom is -0.491 e. The van der Waals surface area contributed by atoms with E-state index >= 15 is 0 Å². The van der Waals surface area contributed by atoms with Crippen LogP contribution in [0, 0.1) is 0 Å². The predicted octanol–water partition coefficient (Wildman–Crippen LogP) is 4.06. The van der Waals surface area contributed by atoms with Gasteiger partial charge in [0.05, 0.1) is 6.10 Å². The van der Waals surface area contributed by atoms with Gasteiger partial charge >= 0.3 is 0 Å². The molecule has 3 rings (SSSR count). The Bertz CT molecular complexity index is 1010. The summed E-state index contributed by atoms with van der Waals surface area (Å²) in [5.74, 6) is 1.84. The number of rotatable bonds is 11. The number of carbonyl (C=O) groups excluding carboxylic acids is 1. The number of ketones is 1. The van der Waals surface area contributed by atoms with Gasteiger partial charge in [0.25, 0.3) is 0 Å². The van der Waals surface area contributed by atoms with Crippen LogP contribution in [-0.4, -0.2) is 57.2 Å². The van der Waals surface area contributed by atoms with Crippen molar-refractivity contribution in [1.29, 1.82) is 0 Å². The third kappa shape index (κ3) is 5.89. The number of ether oxygens (including phenoxy) is 1. The fourth-order valence-electron chi connectivity index (χ4n) is 3.30. The highest BCUT2D eigenvalue weighted by Gasteiger charge is 2.14. The molecule has 0 aliphatic heterocycles. The van der Waals surface area contributed by atoms with Gasteiger partial charge in [0.15, 0.2) is 16.8 Å². The second kappa shape index (κ2) is 11.2. The highest BCUT2D eigenvalue weighted by atomic mass is 32.2. The fraction of sp³-hybridized carbons (Fsp3) is 0.375. The van der Waals surface area contributed by atoms with E-state index in [0.29, 0.717) is 17.1 Å². The Morgan fingerprint density at radius 2 is 1.75 bits per heavy atom. The van der Waals surface area contributed by atoms with Crippen molar-refractivity contribution in [1.82, 2.24) is 14.8 Å². The molecule has 0 amide bonds. The van der Waals surface area contributed by atoms with Crippen LogP contribution in [0.2, 0.25) is 0 Å². The lowest BCUT2D eigenvalue weighted by atomic mass is 10.1. The summed E-state index contributed by atoms with van der Waals surface area (Å²) in [7, 11) is 1.93. The molecule has 0 radical (unpaired) electrons. The Morgan fingerprint density at radius 3 is 2.34 bits per heavy atom. The number of aliphatic hydroxyl groups excluding tert-OH is 1. The average Bonchev–Trinajstić information content (AvgIpc) is 3.18. The molecule has 0 fully saturated rings. The maximum absolute atomic E-state index is 11.3. The van der Waals surface area contributed by atoms with Crippen molar-refractivity contribution in [2.75, 3.05) is 30.3 Å². The molecule has 0 aliphatic rings. The first kappa shape index (κ1) is 23.8. The SMILES string of the molecule is CCN(CC)c1ccc(-c2nnc(SCC(O)COc3ccc(C(C)=O)cc3)n2C)cc1. The Hall–Kier alpha value is -2.84. The maximum atomic E-state index is 11.3. The molecule has 3 aromatic rings. The fourth-order valence-corrected chi connectivity index (χ4v) is 4.12. The third-order valence-electron chi connectivity index (χ3n) is 5.20. The zero-order valence-electron chi connectivity index (χ0n) is 19.0. The smallest absolute Gasteiger partial charge is 0.191 e. The number of aliphatic hydroxyl groups is 1. The van der Waals surface area contributed by atoms with Gasteiger partial charge in [-0.3, -0.25) is 4.79 Å². The van der Waals surface area contributed by atoms with Crippen molar-refractivity contribution in [2.24, 2.45) is 7.05 Å². The second-order valence-electron chi connectivity index (χ2n) is 7.44. The molecule has 0 spiro atoms. The number of carbonyl (C=O) groups is 1. The molecule has 7 nitrogen and oxygen atoms in total. The lowest BCUT2D eigenvalue weighted by Gasteiger charge is -2.21. The minimum absolute atomic E-state index is 0.0101. The first-order valence-electron chi connectivity index (χ1n) is 10.7. The van der Waals surface area contributed by atoms with Crippen LogP contribution in [0.1, 0.15) is 31.1 Å². The minimum atomic E-state index is -0.666. The predicted molar refractivity (Wildman–Crippen MR) is 129 cm³/mol. The molecule has 0 aliphatic carbocycles. The molecule has 0 saturated carbocycles. The van der Waals surface area contributed by atoms with Crippen LogP contribution in [0.5, 0.6) is 5.75 Å². The summed E-state index contributed by atoms with van der Waals surface area (Å²) in [4.78, 5) is 13.6. The number of hydrogen-bond acceptors (Lipinski definition) is 7. The lowest BCUT2D eigenvalue weighted by Crippen LogP contribution is -2.21. The Labute approximate surface area is 193 Å². The van der Waals surface area contributed by atoms with Crippen LogP contribution < -0.4 is 9.64 Å². The highest BCUT2D eigenvalue weighted by molar-refractivity contribution is 7.99. The normalized spacial score (nSPS) is 11.9. The van der Waals surface area contributed by atoms with Gasteiger partial charge in [-0.25, -0.2) is 0 Å². The van der Waals surface area contributed by atoms with Gasteiger partial charge < -0.3 is 19.3 Å². The number of hydrogen-bond donors (Lipinski definition) is 1.